The molecule has 0 fully saturated rings. The van der Waals surface area contributed by atoms with Gasteiger partial charge in [0.05, 0.1) is 0 Å². The molecule has 160 valence electrons. The van der Waals surface area contributed by atoms with Crippen LogP contribution in [0.3, 0.4) is 0 Å². The fraction of sp³-hybridized carbons (Fsp3) is 0.714. The van der Waals surface area contributed by atoms with Crippen molar-refractivity contribution < 1.29 is 0 Å². The van der Waals surface area contributed by atoms with Gasteiger partial charge in [-0.1, -0.05) is 139 Å². The Hall–Kier alpha value is -1.04. The molecule has 0 nitrogen and oxygen atoms in total. The molecule has 1 aromatic carbocycles. The summed E-state index contributed by atoms with van der Waals surface area (Å²) in [5.41, 5.74) is 1.50. The summed E-state index contributed by atoms with van der Waals surface area (Å²) in [6, 6.07) is 10.9. The minimum Gasteiger partial charge on any atom is -0.103 e. The van der Waals surface area contributed by atoms with Gasteiger partial charge in [0.15, 0.2) is 0 Å². The van der Waals surface area contributed by atoms with Crippen molar-refractivity contribution in [3.05, 3.63) is 48.6 Å². The number of allylic oxidation sites excluding steroid dienone is 1. The summed E-state index contributed by atoms with van der Waals surface area (Å²) in [6.45, 7) is 3.79. The van der Waals surface area contributed by atoms with Crippen LogP contribution in [-0.2, 0) is 6.42 Å². The molecule has 0 spiro atoms. The van der Waals surface area contributed by atoms with Crippen LogP contribution in [0.2, 0.25) is 0 Å². The molecule has 0 aromatic heterocycles. The third-order valence-corrected chi connectivity index (χ3v) is 5.97. The van der Waals surface area contributed by atoms with Gasteiger partial charge in [-0.25, -0.2) is 0 Å². The average Bonchev–Trinajstić information content (AvgIpc) is 2.73. The molecule has 0 atom stereocenters. The van der Waals surface area contributed by atoms with Crippen LogP contribution in [0.1, 0.15) is 128 Å². The Kier molecular flexibility index (Phi) is 18.5. The van der Waals surface area contributed by atoms with Crippen LogP contribution in [0.25, 0.3) is 0 Å². The summed E-state index contributed by atoms with van der Waals surface area (Å²) in [5, 5.41) is 0. The first kappa shape index (κ1) is 25.0. The maximum atomic E-state index is 3.79. The Morgan fingerprint density at radius 3 is 1.21 bits per heavy atom. The van der Waals surface area contributed by atoms with Crippen molar-refractivity contribution in [2.24, 2.45) is 0 Å². The SMILES string of the molecule is C=CCCCCCCCCCCCCCCCCCCCCc1ccccc1. The third-order valence-electron chi connectivity index (χ3n) is 5.97. The number of hydrogen-bond donors (Lipinski definition) is 0. The Bertz CT molecular complexity index is 419. The molecular weight excluding hydrogens is 336 g/mol. The van der Waals surface area contributed by atoms with E-state index in [0.29, 0.717) is 0 Å². The fourth-order valence-electron chi connectivity index (χ4n) is 4.09. The highest BCUT2D eigenvalue weighted by atomic mass is 14.0. The second kappa shape index (κ2) is 20.7. The van der Waals surface area contributed by atoms with E-state index in [4.69, 9.17) is 0 Å². The number of rotatable bonds is 21. The minimum absolute atomic E-state index is 1.20. The van der Waals surface area contributed by atoms with Crippen LogP contribution in [0.15, 0.2) is 43.0 Å². The molecule has 1 rings (SSSR count). The van der Waals surface area contributed by atoms with Gasteiger partial charge in [0.25, 0.3) is 0 Å². The normalized spacial score (nSPS) is 11.0. The van der Waals surface area contributed by atoms with Crippen molar-refractivity contribution in [1.29, 1.82) is 0 Å². The van der Waals surface area contributed by atoms with E-state index in [9.17, 15) is 0 Å². The van der Waals surface area contributed by atoms with Crippen molar-refractivity contribution in [3.8, 4) is 0 Å². The number of benzene rings is 1. The van der Waals surface area contributed by atoms with Crippen LogP contribution < -0.4 is 0 Å². The van der Waals surface area contributed by atoms with E-state index in [1.165, 1.54) is 134 Å². The van der Waals surface area contributed by atoms with E-state index in [1.54, 1.807) is 0 Å². The van der Waals surface area contributed by atoms with Crippen LogP contribution in [-0.4, -0.2) is 0 Å². The van der Waals surface area contributed by atoms with Crippen molar-refractivity contribution in [1.82, 2.24) is 0 Å². The molecule has 0 amide bonds. The van der Waals surface area contributed by atoms with Crippen molar-refractivity contribution in [2.75, 3.05) is 0 Å². The predicted octanol–water partition coefficient (Wildman–Crippen LogP) is 9.83. The molecule has 0 heteroatoms. The van der Waals surface area contributed by atoms with E-state index in [2.05, 4.69) is 36.9 Å². The van der Waals surface area contributed by atoms with Crippen LogP contribution >= 0.6 is 0 Å². The summed E-state index contributed by atoms with van der Waals surface area (Å²) >= 11 is 0. The highest BCUT2D eigenvalue weighted by Crippen LogP contribution is 2.15. The number of aryl methyl sites for hydroxylation is 1. The van der Waals surface area contributed by atoms with Crippen LogP contribution in [0.5, 0.6) is 0 Å². The third kappa shape index (κ3) is 17.1. The summed E-state index contributed by atoms with van der Waals surface area (Å²) in [7, 11) is 0. The Balaban J connectivity index is 1.67. The topological polar surface area (TPSA) is 0 Å². The number of hydrogen-bond acceptors (Lipinski definition) is 0. The van der Waals surface area contributed by atoms with E-state index >= 15 is 0 Å². The summed E-state index contributed by atoms with van der Waals surface area (Å²) < 4.78 is 0. The molecule has 28 heavy (non-hydrogen) atoms. The lowest BCUT2D eigenvalue weighted by atomic mass is 10.0. The van der Waals surface area contributed by atoms with E-state index in [-0.39, 0.29) is 0 Å². The maximum Gasteiger partial charge on any atom is -0.0279 e. The zero-order chi connectivity index (χ0) is 20.0. The highest BCUT2D eigenvalue weighted by molar-refractivity contribution is 5.14. The van der Waals surface area contributed by atoms with Crippen LogP contribution in [0.4, 0.5) is 0 Å². The molecule has 0 aliphatic heterocycles. The molecule has 0 saturated carbocycles. The van der Waals surface area contributed by atoms with E-state index in [0.717, 1.165) is 0 Å². The zero-order valence-corrected chi connectivity index (χ0v) is 18.8. The van der Waals surface area contributed by atoms with Crippen LogP contribution in [0, 0.1) is 0 Å². The smallest absolute Gasteiger partial charge is 0.0279 e. The Morgan fingerprint density at radius 1 is 0.464 bits per heavy atom. The van der Waals surface area contributed by atoms with Gasteiger partial charge in [0, 0.05) is 0 Å². The fourth-order valence-corrected chi connectivity index (χ4v) is 4.09. The largest absolute Gasteiger partial charge is 0.103 e. The molecule has 0 aliphatic carbocycles. The molecule has 0 saturated heterocycles. The van der Waals surface area contributed by atoms with E-state index < -0.39 is 0 Å². The van der Waals surface area contributed by atoms with Gasteiger partial charge in [-0.3, -0.25) is 0 Å². The minimum atomic E-state index is 1.20. The molecule has 0 bridgehead atoms. The van der Waals surface area contributed by atoms with Gasteiger partial charge < -0.3 is 0 Å². The first-order chi connectivity index (χ1) is 13.9. The highest BCUT2D eigenvalue weighted by Gasteiger charge is 1.96. The van der Waals surface area contributed by atoms with Crippen molar-refractivity contribution in [3.63, 3.8) is 0 Å². The van der Waals surface area contributed by atoms with Gasteiger partial charge in [-0.05, 0) is 31.2 Å². The second-order valence-corrected chi connectivity index (χ2v) is 8.68. The Morgan fingerprint density at radius 2 is 0.821 bits per heavy atom. The molecule has 0 heterocycles. The molecule has 0 radical (unpaired) electrons. The van der Waals surface area contributed by atoms with Gasteiger partial charge >= 0.3 is 0 Å². The first-order valence-electron chi connectivity index (χ1n) is 12.6. The Labute approximate surface area is 177 Å². The lowest BCUT2D eigenvalue weighted by Crippen LogP contribution is -1.86. The molecule has 1 aromatic rings. The molecular formula is C28H48. The summed E-state index contributed by atoms with van der Waals surface area (Å²) in [4.78, 5) is 0. The van der Waals surface area contributed by atoms with Crippen molar-refractivity contribution >= 4 is 0 Å². The van der Waals surface area contributed by atoms with Gasteiger partial charge in [0.1, 0.15) is 0 Å². The standard InChI is InChI=1S/C28H48/c1-2-3-4-5-6-7-8-9-10-11-12-13-14-15-16-17-18-19-20-22-25-28-26-23-21-24-27-28/h2,21,23-24,26-27H,1,3-20,22,25H2. The lowest BCUT2D eigenvalue weighted by molar-refractivity contribution is 0.524. The van der Waals surface area contributed by atoms with Gasteiger partial charge in [-0.2, -0.15) is 0 Å². The van der Waals surface area contributed by atoms with Crippen molar-refractivity contribution in [2.45, 2.75) is 128 Å². The van der Waals surface area contributed by atoms with Gasteiger partial charge in [0.2, 0.25) is 0 Å². The summed E-state index contributed by atoms with van der Waals surface area (Å²) in [6.07, 6.45) is 30.4. The second-order valence-electron chi connectivity index (χ2n) is 8.68. The van der Waals surface area contributed by atoms with Gasteiger partial charge in [-0.15, -0.1) is 6.58 Å². The molecule has 0 unspecified atom stereocenters. The lowest BCUT2D eigenvalue weighted by Gasteiger charge is -2.04. The number of unbranched alkanes of at least 4 members (excludes halogenated alkanes) is 18. The molecule has 0 N–H and O–H groups in total. The van der Waals surface area contributed by atoms with E-state index in [1.807, 2.05) is 6.08 Å². The average molecular weight is 385 g/mol. The monoisotopic (exact) mass is 384 g/mol. The predicted molar refractivity (Wildman–Crippen MR) is 128 cm³/mol. The molecule has 0 aliphatic rings. The maximum absolute atomic E-state index is 3.79. The first-order valence-corrected chi connectivity index (χ1v) is 12.6. The quantitative estimate of drug-likeness (QED) is 0.146. The zero-order valence-electron chi connectivity index (χ0n) is 18.8. The summed E-state index contributed by atoms with van der Waals surface area (Å²) in [5.74, 6) is 0.